The monoisotopic (exact) mass is 238 g/mol. The van der Waals surface area contributed by atoms with Crippen LogP contribution in [0.3, 0.4) is 0 Å². The summed E-state index contributed by atoms with van der Waals surface area (Å²) in [5, 5.41) is 0. The van der Waals surface area contributed by atoms with Crippen LogP contribution in [-0.2, 0) is 0 Å². The molecule has 0 saturated carbocycles. The van der Waals surface area contributed by atoms with E-state index in [1.807, 2.05) is 0 Å². The number of carbonyl (C=O) groups excluding carboxylic acids is 1. The molecule has 84 valence electrons. The van der Waals surface area contributed by atoms with Crippen LogP contribution < -0.4 is 9.47 Å². The highest BCUT2D eigenvalue weighted by Gasteiger charge is 2.10. The molecular weight excluding hydrogens is 228 g/mol. The summed E-state index contributed by atoms with van der Waals surface area (Å²) in [4.78, 5) is 10.7. The molecule has 0 heterocycles. The minimum atomic E-state index is 0.219. The molecule has 0 spiro atoms. The van der Waals surface area contributed by atoms with Crippen LogP contribution in [0.15, 0.2) is 12.1 Å². The predicted molar refractivity (Wildman–Crippen MR) is 62.5 cm³/mol. The first-order valence-electron chi connectivity index (χ1n) is 4.52. The third-order valence-electron chi connectivity index (χ3n) is 1.93. The number of rotatable bonds is 3. The Kier molecular flexibility index (Phi) is 4.68. The van der Waals surface area contributed by atoms with Crippen LogP contribution in [0.1, 0.15) is 15.9 Å². The molecule has 4 heteroatoms. The lowest BCUT2D eigenvalue weighted by molar-refractivity contribution is 0.112. The fourth-order valence-corrected chi connectivity index (χ4v) is 1.34. The summed E-state index contributed by atoms with van der Waals surface area (Å²) in [5.41, 5.74) is 1.07. The minimum absolute atomic E-state index is 0.219. The molecule has 0 fully saturated rings. The van der Waals surface area contributed by atoms with Crippen molar-refractivity contribution in [1.82, 2.24) is 0 Å². The van der Waals surface area contributed by atoms with Gasteiger partial charge in [0.25, 0.3) is 0 Å². The zero-order chi connectivity index (χ0) is 12.0. The first kappa shape index (κ1) is 12.4. The molecule has 1 aromatic rings. The lowest BCUT2D eigenvalue weighted by atomic mass is 10.1. The number of hydrogen-bond acceptors (Lipinski definition) is 3. The van der Waals surface area contributed by atoms with Gasteiger partial charge in [-0.3, -0.25) is 4.79 Å². The molecule has 1 aromatic carbocycles. The van der Waals surface area contributed by atoms with Gasteiger partial charge in [0.1, 0.15) is 6.29 Å². The van der Waals surface area contributed by atoms with Crippen molar-refractivity contribution < 1.29 is 14.3 Å². The lowest BCUT2D eigenvalue weighted by Crippen LogP contribution is -1.96. The van der Waals surface area contributed by atoms with Crippen LogP contribution >= 0.6 is 11.6 Å². The van der Waals surface area contributed by atoms with E-state index in [-0.39, 0.29) is 5.88 Å². The second-order valence-electron chi connectivity index (χ2n) is 2.86. The van der Waals surface area contributed by atoms with Gasteiger partial charge in [-0.25, -0.2) is 0 Å². The minimum Gasteiger partial charge on any atom is -0.493 e. The second-order valence-corrected chi connectivity index (χ2v) is 3.12. The van der Waals surface area contributed by atoms with Gasteiger partial charge < -0.3 is 9.47 Å². The van der Waals surface area contributed by atoms with Crippen LogP contribution in [-0.4, -0.2) is 26.4 Å². The number of methoxy groups -OCH3 is 2. The third-order valence-corrected chi connectivity index (χ3v) is 2.06. The number of hydrogen-bond donors (Lipinski definition) is 0. The summed E-state index contributed by atoms with van der Waals surface area (Å²) in [6.45, 7) is 0. The maximum Gasteiger partial charge on any atom is 0.176 e. The highest BCUT2D eigenvalue weighted by atomic mass is 35.5. The largest absolute Gasteiger partial charge is 0.493 e. The molecule has 0 aliphatic carbocycles. The zero-order valence-electron chi connectivity index (χ0n) is 9.04. The van der Waals surface area contributed by atoms with Gasteiger partial charge >= 0.3 is 0 Å². The van der Waals surface area contributed by atoms with Crippen molar-refractivity contribution in [2.24, 2.45) is 0 Å². The van der Waals surface area contributed by atoms with Gasteiger partial charge in [0, 0.05) is 5.56 Å². The normalized spacial score (nSPS) is 8.94. The highest BCUT2D eigenvalue weighted by Crippen LogP contribution is 2.31. The van der Waals surface area contributed by atoms with Gasteiger partial charge in [-0.2, -0.15) is 0 Å². The Morgan fingerprint density at radius 3 is 2.62 bits per heavy atom. The Morgan fingerprint density at radius 2 is 2.12 bits per heavy atom. The van der Waals surface area contributed by atoms with Crippen molar-refractivity contribution in [3.05, 3.63) is 23.3 Å². The van der Waals surface area contributed by atoms with Gasteiger partial charge in [0.15, 0.2) is 11.5 Å². The molecule has 0 aliphatic rings. The van der Waals surface area contributed by atoms with Crippen molar-refractivity contribution >= 4 is 17.9 Å². The van der Waals surface area contributed by atoms with E-state index in [9.17, 15) is 4.79 Å². The van der Waals surface area contributed by atoms with E-state index < -0.39 is 0 Å². The summed E-state index contributed by atoms with van der Waals surface area (Å²) < 4.78 is 10.3. The molecule has 0 amide bonds. The fraction of sp³-hybridized carbons (Fsp3) is 0.250. The van der Waals surface area contributed by atoms with Crippen LogP contribution in [0.5, 0.6) is 11.5 Å². The first-order valence-corrected chi connectivity index (χ1v) is 5.06. The molecule has 0 aromatic heterocycles. The fourth-order valence-electron chi connectivity index (χ4n) is 1.28. The maximum atomic E-state index is 10.7. The average molecular weight is 239 g/mol. The third kappa shape index (κ3) is 2.68. The summed E-state index contributed by atoms with van der Waals surface area (Å²) in [5.74, 6) is 6.73. The number of ether oxygens (including phenoxy) is 2. The molecule has 0 bridgehead atoms. The zero-order valence-corrected chi connectivity index (χ0v) is 9.80. The Hall–Kier alpha value is -1.66. The van der Waals surface area contributed by atoms with Gasteiger partial charge in [-0.1, -0.05) is 11.8 Å². The molecular formula is C12H11ClO3. The summed E-state index contributed by atoms with van der Waals surface area (Å²) in [6.07, 6.45) is 0.730. The lowest BCUT2D eigenvalue weighted by Gasteiger charge is -2.09. The van der Waals surface area contributed by atoms with E-state index in [0.717, 1.165) is 6.29 Å². The second kappa shape index (κ2) is 6.04. The van der Waals surface area contributed by atoms with E-state index in [0.29, 0.717) is 22.6 Å². The van der Waals surface area contributed by atoms with Crippen LogP contribution in [0, 0.1) is 11.8 Å². The summed E-state index contributed by atoms with van der Waals surface area (Å²) >= 11 is 5.48. The van der Waals surface area contributed by atoms with E-state index in [1.165, 1.54) is 14.2 Å². The Bertz CT molecular complexity index is 444. The average Bonchev–Trinajstić information content (AvgIpc) is 2.34. The molecule has 0 atom stereocenters. The number of aldehydes is 1. The number of alkyl halides is 1. The molecule has 1 rings (SSSR count). The predicted octanol–water partition coefficient (Wildman–Crippen LogP) is 2.11. The maximum absolute atomic E-state index is 10.7. The van der Waals surface area contributed by atoms with E-state index >= 15 is 0 Å². The van der Waals surface area contributed by atoms with Gasteiger partial charge in [-0.05, 0) is 12.1 Å². The van der Waals surface area contributed by atoms with Crippen LogP contribution in [0.25, 0.3) is 0 Å². The highest BCUT2D eigenvalue weighted by molar-refractivity contribution is 6.19. The Balaban J connectivity index is 3.36. The molecule has 0 saturated heterocycles. The summed E-state index contributed by atoms with van der Waals surface area (Å²) in [7, 11) is 3.02. The number of halogens is 1. The smallest absolute Gasteiger partial charge is 0.176 e. The van der Waals surface area contributed by atoms with Crippen molar-refractivity contribution in [3.63, 3.8) is 0 Å². The Labute approximate surface area is 99.3 Å². The standard InChI is InChI=1S/C12H11ClO3/c1-15-11-7-9(8-14)6-10(4-3-5-13)12(11)16-2/h6-8H,5H2,1-2H3. The molecule has 3 nitrogen and oxygen atoms in total. The molecule has 0 aliphatic heterocycles. The molecule has 0 radical (unpaired) electrons. The molecule has 16 heavy (non-hydrogen) atoms. The van der Waals surface area contributed by atoms with Gasteiger partial charge in [0.05, 0.1) is 25.7 Å². The van der Waals surface area contributed by atoms with Crippen molar-refractivity contribution in [2.75, 3.05) is 20.1 Å². The van der Waals surface area contributed by atoms with Crippen molar-refractivity contribution in [3.8, 4) is 23.3 Å². The van der Waals surface area contributed by atoms with E-state index in [2.05, 4.69) is 11.8 Å². The number of carbonyl (C=O) groups is 1. The quantitative estimate of drug-likeness (QED) is 0.460. The van der Waals surface area contributed by atoms with E-state index in [1.54, 1.807) is 12.1 Å². The topological polar surface area (TPSA) is 35.5 Å². The molecule has 0 unspecified atom stereocenters. The van der Waals surface area contributed by atoms with Crippen LogP contribution in [0.4, 0.5) is 0 Å². The number of benzene rings is 1. The first-order chi connectivity index (χ1) is 7.76. The van der Waals surface area contributed by atoms with E-state index in [4.69, 9.17) is 21.1 Å². The van der Waals surface area contributed by atoms with Gasteiger partial charge in [0.2, 0.25) is 0 Å². The van der Waals surface area contributed by atoms with Crippen molar-refractivity contribution in [2.45, 2.75) is 0 Å². The molecule has 0 N–H and O–H groups in total. The Morgan fingerprint density at radius 1 is 1.38 bits per heavy atom. The summed E-state index contributed by atoms with van der Waals surface area (Å²) in [6, 6.07) is 3.23. The van der Waals surface area contributed by atoms with Crippen molar-refractivity contribution in [1.29, 1.82) is 0 Å². The van der Waals surface area contributed by atoms with Crippen LogP contribution in [0.2, 0.25) is 0 Å². The SMILES string of the molecule is COc1cc(C=O)cc(C#CCCl)c1OC. The van der Waals surface area contributed by atoms with Gasteiger partial charge in [-0.15, -0.1) is 11.6 Å².